The first-order chi connectivity index (χ1) is 15.9. The number of esters is 1. The molecular formula is C24H21ClFN3O3S. The fraction of sp³-hybridized carbons (Fsp3) is 0.208. The maximum atomic E-state index is 13.1. The Kier molecular flexibility index (Phi) is 6.85. The molecule has 170 valence electrons. The van der Waals surface area contributed by atoms with Crippen LogP contribution in [0.2, 0.25) is 5.02 Å². The Hall–Kier alpha value is -3.10. The number of allylic oxidation sites excluding steroid dienone is 1. The molecule has 2 aliphatic rings. The predicted molar refractivity (Wildman–Crippen MR) is 127 cm³/mol. The van der Waals surface area contributed by atoms with Crippen LogP contribution in [0.1, 0.15) is 30.5 Å². The van der Waals surface area contributed by atoms with Gasteiger partial charge < -0.3 is 15.0 Å². The van der Waals surface area contributed by atoms with E-state index in [0.29, 0.717) is 27.2 Å². The second kappa shape index (κ2) is 9.80. The maximum Gasteiger partial charge on any atom is 0.338 e. The summed E-state index contributed by atoms with van der Waals surface area (Å²) in [7, 11) is 1.33. The molecule has 2 heterocycles. The largest absolute Gasteiger partial charge is 0.466 e. The van der Waals surface area contributed by atoms with Gasteiger partial charge in [-0.1, -0.05) is 47.6 Å². The highest BCUT2D eigenvalue weighted by atomic mass is 35.5. The van der Waals surface area contributed by atoms with Crippen molar-refractivity contribution in [3.63, 3.8) is 0 Å². The third-order valence-electron chi connectivity index (χ3n) is 5.31. The van der Waals surface area contributed by atoms with Crippen molar-refractivity contribution >= 4 is 40.4 Å². The van der Waals surface area contributed by atoms with E-state index in [1.807, 2.05) is 22.4 Å². The number of carbonyl (C=O) groups excluding carboxylic acids is 2. The van der Waals surface area contributed by atoms with Crippen molar-refractivity contribution in [2.45, 2.75) is 25.9 Å². The van der Waals surface area contributed by atoms with Crippen LogP contribution in [0.3, 0.4) is 0 Å². The topological polar surface area (TPSA) is 71.0 Å². The van der Waals surface area contributed by atoms with Crippen molar-refractivity contribution in [1.29, 1.82) is 0 Å². The zero-order chi connectivity index (χ0) is 23.5. The van der Waals surface area contributed by atoms with Crippen LogP contribution in [0.5, 0.6) is 0 Å². The first kappa shape index (κ1) is 23.1. The summed E-state index contributed by atoms with van der Waals surface area (Å²) in [5, 5.41) is 5.93. The number of amidine groups is 1. The Labute approximate surface area is 200 Å². The van der Waals surface area contributed by atoms with Crippen molar-refractivity contribution in [2.24, 2.45) is 4.99 Å². The molecule has 0 saturated heterocycles. The fourth-order valence-corrected chi connectivity index (χ4v) is 4.93. The van der Waals surface area contributed by atoms with E-state index in [0.717, 1.165) is 11.1 Å². The van der Waals surface area contributed by atoms with Crippen molar-refractivity contribution < 1.29 is 18.7 Å². The number of fused-ring (bicyclic) bond motifs is 1. The normalized spacial score (nSPS) is 17.3. The number of amides is 1. The van der Waals surface area contributed by atoms with Crippen LogP contribution in [-0.4, -0.2) is 29.1 Å². The van der Waals surface area contributed by atoms with Crippen molar-refractivity contribution in [1.82, 2.24) is 10.2 Å². The van der Waals surface area contributed by atoms with E-state index in [1.165, 1.54) is 31.0 Å². The van der Waals surface area contributed by atoms with Gasteiger partial charge in [-0.05, 0) is 47.7 Å². The number of ether oxygens (including phenoxy) is 1. The first-order valence-corrected chi connectivity index (χ1v) is 11.4. The smallest absolute Gasteiger partial charge is 0.338 e. The van der Waals surface area contributed by atoms with Gasteiger partial charge >= 0.3 is 5.97 Å². The van der Waals surface area contributed by atoms with Gasteiger partial charge in [0.15, 0.2) is 5.17 Å². The van der Waals surface area contributed by atoms with E-state index < -0.39 is 12.0 Å². The van der Waals surface area contributed by atoms with E-state index in [9.17, 15) is 14.0 Å². The molecule has 0 unspecified atom stereocenters. The number of rotatable bonds is 6. The molecule has 0 saturated carbocycles. The van der Waals surface area contributed by atoms with E-state index in [2.05, 4.69) is 10.3 Å². The van der Waals surface area contributed by atoms with Gasteiger partial charge in [-0.25, -0.2) is 14.2 Å². The summed E-state index contributed by atoms with van der Waals surface area (Å²) >= 11 is 7.64. The molecule has 0 aromatic heterocycles. The van der Waals surface area contributed by atoms with E-state index >= 15 is 0 Å². The molecule has 1 atom stereocenters. The Morgan fingerprint density at radius 1 is 1.24 bits per heavy atom. The number of benzene rings is 2. The molecule has 0 spiro atoms. The highest BCUT2D eigenvalue weighted by Crippen LogP contribution is 2.45. The number of nitrogens with one attached hydrogen (secondary N) is 1. The van der Waals surface area contributed by atoms with Gasteiger partial charge in [-0.2, -0.15) is 0 Å². The molecule has 0 radical (unpaired) electrons. The summed E-state index contributed by atoms with van der Waals surface area (Å²) in [6.45, 7) is 2.05. The zero-order valence-electron chi connectivity index (χ0n) is 18.0. The van der Waals surface area contributed by atoms with Gasteiger partial charge in [0.25, 0.3) is 0 Å². The highest BCUT2D eigenvalue weighted by molar-refractivity contribution is 8.16. The Morgan fingerprint density at radius 2 is 2.00 bits per heavy atom. The third-order valence-corrected chi connectivity index (χ3v) is 6.44. The lowest BCUT2D eigenvalue weighted by molar-refractivity contribution is -0.136. The summed E-state index contributed by atoms with van der Waals surface area (Å²) in [4.78, 5) is 31.9. The molecule has 9 heteroatoms. The van der Waals surface area contributed by atoms with Crippen LogP contribution in [0, 0.1) is 5.82 Å². The minimum atomic E-state index is -0.533. The Bertz CT molecular complexity index is 1190. The minimum absolute atomic E-state index is 0.0811. The third kappa shape index (κ3) is 4.96. The minimum Gasteiger partial charge on any atom is -0.466 e. The van der Waals surface area contributed by atoms with Gasteiger partial charge in [0.2, 0.25) is 5.91 Å². The summed E-state index contributed by atoms with van der Waals surface area (Å²) < 4.78 is 18.1. The molecule has 2 aromatic carbocycles. The van der Waals surface area contributed by atoms with Crippen LogP contribution in [-0.2, 0) is 20.9 Å². The molecule has 0 aliphatic carbocycles. The molecule has 4 rings (SSSR count). The van der Waals surface area contributed by atoms with E-state index in [-0.39, 0.29) is 24.7 Å². The van der Waals surface area contributed by atoms with Crippen LogP contribution >= 0.6 is 23.4 Å². The highest BCUT2D eigenvalue weighted by Gasteiger charge is 2.41. The van der Waals surface area contributed by atoms with Crippen LogP contribution in [0.15, 0.2) is 75.9 Å². The van der Waals surface area contributed by atoms with Crippen molar-refractivity contribution in [3.05, 3.63) is 92.9 Å². The lowest BCUT2D eigenvalue weighted by Gasteiger charge is -2.36. The summed E-state index contributed by atoms with van der Waals surface area (Å²) in [5.74, 6) is -1.02. The number of hydrogen-bond donors (Lipinski definition) is 1. The van der Waals surface area contributed by atoms with Crippen LogP contribution in [0.25, 0.3) is 0 Å². The number of hydrogen-bond acceptors (Lipinski definition) is 6. The monoisotopic (exact) mass is 485 g/mol. The standard InChI is InChI=1S/C24H21ClFN3O3S/c1-14-21(23(31)32-2)22(16-4-3-5-17(25)10-16)29-19(13-33-24(29)28-14)11-20(30)27-12-15-6-8-18(26)9-7-15/h3-10,13,22H,11-12H2,1-2H3,(H,27,30)/t22-/m0/s1. The molecular weight excluding hydrogens is 465 g/mol. The van der Waals surface area contributed by atoms with E-state index in [1.54, 1.807) is 31.2 Å². The molecule has 2 aliphatic heterocycles. The number of carbonyl (C=O) groups is 2. The lowest BCUT2D eigenvalue weighted by Crippen LogP contribution is -2.37. The average Bonchev–Trinajstić information content (AvgIpc) is 3.19. The number of nitrogens with zero attached hydrogens (tertiary/aromatic N) is 2. The van der Waals surface area contributed by atoms with Crippen molar-refractivity contribution in [2.75, 3.05) is 7.11 Å². The fourth-order valence-electron chi connectivity index (χ4n) is 3.76. The van der Waals surface area contributed by atoms with Gasteiger partial charge in [-0.3, -0.25) is 4.79 Å². The molecule has 33 heavy (non-hydrogen) atoms. The number of halogens is 2. The molecule has 2 aromatic rings. The first-order valence-electron chi connectivity index (χ1n) is 10.2. The molecule has 1 amide bonds. The van der Waals surface area contributed by atoms with E-state index in [4.69, 9.17) is 16.3 Å². The summed E-state index contributed by atoms with van der Waals surface area (Å²) in [6, 6.07) is 12.7. The van der Waals surface area contributed by atoms with Crippen molar-refractivity contribution in [3.8, 4) is 0 Å². The lowest BCUT2D eigenvalue weighted by atomic mass is 9.94. The Morgan fingerprint density at radius 3 is 2.70 bits per heavy atom. The van der Waals surface area contributed by atoms with Gasteiger partial charge in [0.1, 0.15) is 5.82 Å². The number of thioether (sulfide) groups is 1. The quantitative estimate of drug-likeness (QED) is 0.587. The SMILES string of the molecule is COC(=O)C1=C(C)N=C2SC=C(CC(=O)NCc3ccc(F)cc3)N2[C@H]1c1cccc(Cl)c1. The number of aliphatic imine (C=N–C) groups is 1. The maximum absolute atomic E-state index is 13.1. The zero-order valence-corrected chi connectivity index (χ0v) is 19.5. The molecule has 6 nitrogen and oxygen atoms in total. The predicted octanol–water partition coefficient (Wildman–Crippen LogP) is 4.93. The average molecular weight is 486 g/mol. The second-order valence-corrected chi connectivity index (χ2v) is 8.79. The van der Waals surface area contributed by atoms with Gasteiger partial charge in [-0.15, -0.1) is 0 Å². The van der Waals surface area contributed by atoms with Crippen LogP contribution in [0.4, 0.5) is 4.39 Å². The van der Waals surface area contributed by atoms with Gasteiger partial charge in [0.05, 0.1) is 30.8 Å². The summed E-state index contributed by atoms with van der Waals surface area (Å²) in [5.41, 5.74) is 3.23. The summed E-state index contributed by atoms with van der Waals surface area (Å²) in [6.07, 6.45) is 0.0811. The van der Waals surface area contributed by atoms with Crippen LogP contribution < -0.4 is 5.32 Å². The molecule has 0 fully saturated rings. The second-order valence-electron chi connectivity index (χ2n) is 7.52. The Balaban J connectivity index is 1.59. The number of methoxy groups -OCH3 is 1. The molecule has 1 N–H and O–H groups in total. The van der Waals surface area contributed by atoms with Gasteiger partial charge in [0, 0.05) is 17.3 Å². The molecule has 0 bridgehead atoms.